The highest BCUT2D eigenvalue weighted by Gasteiger charge is 2.13. The summed E-state index contributed by atoms with van der Waals surface area (Å²) in [6.07, 6.45) is 0.797. The molecule has 0 saturated carbocycles. The lowest BCUT2D eigenvalue weighted by molar-refractivity contribution is 0.591. The molecule has 0 heterocycles. The smallest absolute Gasteiger partial charge is 0.0439 e. The number of halogens is 3. The number of aryl methyl sites for hydroxylation is 1. The van der Waals surface area contributed by atoms with Gasteiger partial charge in [-0.15, -0.1) is 0 Å². The van der Waals surface area contributed by atoms with Gasteiger partial charge in [0, 0.05) is 20.6 Å². The van der Waals surface area contributed by atoms with Gasteiger partial charge in [0.1, 0.15) is 0 Å². The fraction of sp³-hybridized carbons (Fsp3) is 0.250. The van der Waals surface area contributed by atoms with Crippen LogP contribution in [0.25, 0.3) is 0 Å². The molecule has 0 amide bonds. The van der Waals surface area contributed by atoms with E-state index in [1.165, 1.54) is 11.1 Å². The molecular weight excluding hydrogens is 357 g/mol. The Morgan fingerprint density at radius 2 is 1.90 bits per heavy atom. The molecule has 2 aromatic rings. The number of hydrogen-bond acceptors (Lipinski definition) is 1. The van der Waals surface area contributed by atoms with Gasteiger partial charge in [-0.3, -0.25) is 0 Å². The normalized spacial score (nSPS) is 12.4. The van der Waals surface area contributed by atoms with Gasteiger partial charge >= 0.3 is 0 Å². The highest BCUT2D eigenvalue weighted by Crippen LogP contribution is 2.28. The van der Waals surface area contributed by atoms with Crippen LogP contribution in [0.15, 0.2) is 40.9 Å². The van der Waals surface area contributed by atoms with Crippen LogP contribution in [-0.2, 0) is 6.42 Å². The van der Waals surface area contributed by atoms with Gasteiger partial charge in [-0.25, -0.2) is 0 Å². The second-order valence-electron chi connectivity index (χ2n) is 4.84. The molecule has 106 valence electrons. The van der Waals surface area contributed by atoms with Crippen molar-refractivity contribution in [1.82, 2.24) is 5.32 Å². The molecule has 1 atom stereocenters. The summed E-state index contributed by atoms with van der Waals surface area (Å²) in [5.41, 5.74) is 3.51. The summed E-state index contributed by atoms with van der Waals surface area (Å²) in [6.45, 7) is 2.09. The largest absolute Gasteiger partial charge is 0.313 e. The van der Waals surface area contributed by atoms with E-state index in [2.05, 4.69) is 46.4 Å². The molecule has 0 bridgehead atoms. The minimum Gasteiger partial charge on any atom is -0.313 e. The predicted molar refractivity (Wildman–Crippen MR) is 90.8 cm³/mol. The van der Waals surface area contributed by atoms with Crippen molar-refractivity contribution < 1.29 is 0 Å². The number of rotatable bonds is 4. The molecule has 0 aliphatic rings. The van der Waals surface area contributed by atoms with E-state index in [-0.39, 0.29) is 6.04 Å². The number of likely N-dealkylation sites (N-methyl/N-ethyl adjacent to an activating group) is 1. The predicted octanol–water partition coefficient (Wildman–Crippen LogP) is 5.57. The van der Waals surface area contributed by atoms with Crippen LogP contribution >= 0.6 is 39.1 Å². The Labute approximate surface area is 138 Å². The molecule has 0 spiro atoms. The van der Waals surface area contributed by atoms with Crippen molar-refractivity contribution in [2.24, 2.45) is 0 Å². The van der Waals surface area contributed by atoms with E-state index in [0.29, 0.717) is 5.02 Å². The van der Waals surface area contributed by atoms with Crippen molar-refractivity contribution in [2.45, 2.75) is 19.4 Å². The Morgan fingerprint density at radius 3 is 2.55 bits per heavy atom. The molecule has 0 saturated heterocycles. The molecule has 0 aliphatic heterocycles. The highest BCUT2D eigenvalue weighted by atomic mass is 79.9. The van der Waals surface area contributed by atoms with Crippen molar-refractivity contribution in [1.29, 1.82) is 0 Å². The summed E-state index contributed by atoms with van der Waals surface area (Å²) in [4.78, 5) is 0. The quantitative estimate of drug-likeness (QED) is 0.739. The molecule has 1 N–H and O–H groups in total. The highest BCUT2D eigenvalue weighted by molar-refractivity contribution is 9.10. The Kier molecular flexibility index (Phi) is 5.50. The van der Waals surface area contributed by atoms with Crippen molar-refractivity contribution in [3.05, 3.63) is 67.6 Å². The maximum atomic E-state index is 6.25. The lowest BCUT2D eigenvalue weighted by Crippen LogP contribution is -2.19. The number of hydrogen-bond donors (Lipinski definition) is 1. The molecule has 0 aliphatic carbocycles. The van der Waals surface area contributed by atoms with Gasteiger partial charge in [0.05, 0.1) is 0 Å². The molecule has 1 unspecified atom stereocenters. The average molecular weight is 373 g/mol. The zero-order valence-electron chi connectivity index (χ0n) is 11.4. The van der Waals surface area contributed by atoms with Gasteiger partial charge in [-0.1, -0.05) is 45.2 Å². The molecule has 2 aromatic carbocycles. The first-order valence-electron chi connectivity index (χ1n) is 6.38. The SMILES string of the molecule is CNC(Cc1cc(Cl)ccc1Cl)c1cc(C)cc(Br)c1. The van der Waals surface area contributed by atoms with Crippen LogP contribution in [0.5, 0.6) is 0 Å². The van der Waals surface area contributed by atoms with E-state index in [1.807, 2.05) is 25.2 Å². The zero-order chi connectivity index (χ0) is 14.7. The van der Waals surface area contributed by atoms with E-state index in [1.54, 1.807) is 0 Å². The Hall–Kier alpha value is -0.540. The molecule has 1 nitrogen and oxygen atoms in total. The van der Waals surface area contributed by atoms with Crippen LogP contribution < -0.4 is 5.32 Å². The summed E-state index contributed by atoms with van der Waals surface area (Å²) in [5.74, 6) is 0. The van der Waals surface area contributed by atoms with Crippen LogP contribution in [0, 0.1) is 6.92 Å². The third kappa shape index (κ3) is 3.98. The van der Waals surface area contributed by atoms with Crippen LogP contribution in [0.4, 0.5) is 0 Å². The maximum absolute atomic E-state index is 6.25. The minimum atomic E-state index is 0.196. The topological polar surface area (TPSA) is 12.0 Å². The van der Waals surface area contributed by atoms with Crippen molar-refractivity contribution in [3.63, 3.8) is 0 Å². The molecule has 2 rings (SSSR count). The van der Waals surface area contributed by atoms with Crippen LogP contribution in [0.1, 0.15) is 22.7 Å². The van der Waals surface area contributed by atoms with Crippen molar-refractivity contribution in [3.8, 4) is 0 Å². The molecule has 20 heavy (non-hydrogen) atoms. The molecule has 0 radical (unpaired) electrons. The lowest BCUT2D eigenvalue weighted by atomic mass is 9.97. The summed E-state index contributed by atoms with van der Waals surface area (Å²) >= 11 is 15.9. The van der Waals surface area contributed by atoms with E-state index < -0.39 is 0 Å². The van der Waals surface area contributed by atoms with Crippen LogP contribution in [0.2, 0.25) is 10.0 Å². The third-order valence-electron chi connectivity index (χ3n) is 3.25. The fourth-order valence-electron chi connectivity index (χ4n) is 2.27. The molecule has 0 fully saturated rings. The Balaban J connectivity index is 2.30. The Morgan fingerprint density at radius 1 is 1.15 bits per heavy atom. The molecule has 0 aromatic heterocycles. The van der Waals surface area contributed by atoms with Crippen LogP contribution in [-0.4, -0.2) is 7.05 Å². The summed E-state index contributed by atoms with van der Waals surface area (Å²) in [6, 6.07) is 12.2. The van der Waals surface area contributed by atoms with E-state index in [4.69, 9.17) is 23.2 Å². The maximum Gasteiger partial charge on any atom is 0.0439 e. The second kappa shape index (κ2) is 6.95. The first-order valence-corrected chi connectivity index (χ1v) is 7.93. The standard InChI is InChI=1S/C16H16BrCl2N/c1-10-5-12(7-13(17)6-10)16(20-2)9-11-8-14(18)3-4-15(11)19/h3-8,16,20H,9H2,1-2H3. The third-order valence-corrected chi connectivity index (χ3v) is 4.31. The summed E-state index contributed by atoms with van der Waals surface area (Å²) in [7, 11) is 1.96. The number of nitrogens with one attached hydrogen (secondary N) is 1. The minimum absolute atomic E-state index is 0.196. The number of benzene rings is 2. The molecule has 4 heteroatoms. The summed E-state index contributed by atoms with van der Waals surface area (Å²) < 4.78 is 1.09. The summed E-state index contributed by atoms with van der Waals surface area (Å²) in [5, 5.41) is 4.81. The van der Waals surface area contributed by atoms with E-state index in [9.17, 15) is 0 Å². The molecular formula is C16H16BrCl2N. The Bertz CT molecular complexity index is 593. The van der Waals surface area contributed by atoms with Gasteiger partial charge in [0.2, 0.25) is 0 Å². The van der Waals surface area contributed by atoms with Crippen molar-refractivity contribution >= 4 is 39.1 Å². The van der Waals surface area contributed by atoms with Gasteiger partial charge in [0.15, 0.2) is 0 Å². The lowest BCUT2D eigenvalue weighted by Gasteiger charge is -2.18. The van der Waals surface area contributed by atoms with Gasteiger partial charge in [0.25, 0.3) is 0 Å². The van der Waals surface area contributed by atoms with Gasteiger partial charge < -0.3 is 5.32 Å². The first kappa shape index (κ1) is 15.8. The zero-order valence-corrected chi connectivity index (χ0v) is 14.5. The monoisotopic (exact) mass is 371 g/mol. The van der Waals surface area contributed by atoms with Crippen LogP contribution in [0.3, 0.4) is 0 Å². The van der Waals surface area contributed by atoms with Crippen molar-refractivity contribution in [2.75, 3.05) is 7.05 Å². The van der Waals surface area contributed by atoms with E-state index in [0.717, 1.165) is 21.5 Å². The fourth-order valence-corrected chi connectivity index (χ4v) is 3.29. The first-order chi connectivity index (χ1) is 9.49. The second-order valence-corrected chi connectivity index (χ2v) is 6.60. The van der Waals surface area contributed by atoms with Gasteiger partial charge in [-0.05, 0) is 67.4 Å². The van der Waals surface area contributed by atoms with Gasteiger partial charge in [-0.2, -0.15) is 0 Å². The average Bonchev–Trinajstić information content (AvgIpc) is 2.38. The van der Waals surface area contributed by atoms with E-state index >= 15 is 0 Å².